The van der Waals surface area contributed by atoms with Gasteiger partial charge in [0.2, 0.25) is 0 Å². The average Bonchev–Trinajstić information content (AvgIpc) is 3.23. The van der Waals surface area contributed by atoms with Gasteiger partial charge in [-0.3, -0.25) is 24.5 Å². The third kappa shape index (κ3) is 3.36. The third-order valence-electron chi connectivity index (χ3n) is 3.54. The van der Waals surface area contributed by atoms with E-state index in [1.807, 2.05) is 0 Å². The summed E-state index contributed by atoms with van der Waals surface area (Å²) in [4.78, 5) is 38.1. The molecule has 0 aliphatic carbocycles. The first-order valence-electron chi connectivity index (χ1n) is 7.55. The number of nitrogens with zero attached hydrogens (tertiary/aromatic N) is 5. The van der Waals surface area contributed by atoms with Crippen molar-refractivity contribution in [2.45, 2.75) is 6.54 Å². The minimum absolute atomic E-state index is 0.0892. The molecule has 3 aromatic rings. The predicted molar refractivity (Wildman–Crippen MR) is 88.4 cm³/mol. The highest BCUT2D eigenvalue weighted by Crippen LogP contribution is 2.15. The lowest BCUT2D eigenvalue weighted by Crippen LogP contribution is -2.31. The highest BCUT2D eigenvalue weighted by Gasteiger charge is 2.17. The smallest absolute Gasteiger partial charge is 0.395 e. The molecule has 134 valence electrons. The lowest BCUT2D eigenvalue weighted by Gasteiger charge is -2.02. The van der Waals surface area contributed by atoms with E-state index in [-0.39, 0.29) is 24.5 Å². The summed E-state index contributed by atoms with van der Waals surface area (Å²) in [6, 6.07) is 7.58. The number of pyridine rings is 1. The second kappa shape index (κ2) is 7.01. The number of carbonyl (C=O) groups is 1. The van der Waals surface area contributed by atoms with Gasteiger partial charge in [-0.2, -0.15) is 0 Å². The molecule has 0 bridgehead atoms. The number of amides is 1. The molecule has 11 nitrogen and oxygen atoms in total. The van der Waals surface area contributed by atoms with E-state index >= 15 is 0 Å². The lowest BCUT2D eigenvalue weighted by molar-refractivity contribution is -0.402. The quantitative estimate of drug-likeness (QED) is 0.502. The molecule has 0 aliphatic heterocycles. The van der Waals surface area contributed by atoms with Crippen LogP contribution in [0.5, 0.6) is 0 Å². The molecule has 1 N–H and O–H groups in total. The van der Waals surface area contributed by atoms with Crippen LogP contribution in [-0.2, 0) is 13.6 Å². The maximum absolute atomic E-state index is 12.2. The zero-order chi connectivity index (χ0) is 18.7. The van der Waals surface area contributed by atoms with Crippen LogP contribution < -0.4 is 11.0 Å². The normalized spacial score (nSPS) is 10.7. The maximum Gasteiger partial charge on any atom is 0.433 e. The molecule has 3 aromatic heterocycles. The first kappa shape index (κ1) is 17.1. The van der Waals surface area contributed by atoms with Gasteiger partial charge in [0, 0.05) is 19.8 Å². The monoisotopic (exact) mass is 358 g/mol. The Hall–Kier alpha value is -3.76. The van der Waals surface area contributed by atoms with Crippen LogP contribution in [0.3, 0.4) is 0 Å². The number of aromatic nitrogens is 4. The van der Waals surface area contributed by atoms with Crippen LogP contribution in [0.4, 0.5) is 5.88 Å². The van der Waals surface area contributed by atoms with Crippen LogP contribution in [0, 0.1) is 10.1 Å². The van der Waals surface area contributed by atoms with Gasteiger partial charge in [0.1, 0.15) is 10.6 Å². The SMILES string of the molecule is Cn1c(-c2ccccn2)nn(CCNC(=O)c2ccc([N+](=O)[O-])o2)c1=O. The van der Waals surface area contributed by atoms with E-state index in [1.165, 1.54) is 15.3 Å². The van der Waals surface area contributed by atoms with Gasteiger partial charge in [-0.15, -0.1) is 5.10 Å². The Kier molecular flexibility index (Phi) is 4.60. The molecule has 1 amide bonds. The van der Waals surface area contributed by atoms with Crippen molar-refractivity contribution in [3.05, 3.63) is 62.9 Å². The van der Waals surface area contributed by atoms with Crippen LogP contribution in [-0.4, -0.2) is 36.7 Å². The van der Waals surface area contributed by atoms with E-state index in [4.69, 9.17) is 4.42 Å². The summed E-state index contributed by atoms with van der Waals surface area (Å²) in [6.07, 6.45) is 1.60. The summed E-state index contributed by atoms with van der Waals surface area (Å²) in [6.45, 7) is 0.208. The molecule has 11 heteroatoms. The van der Waals surface area contributed by atoms with Crippen molar-refractivity contribution in [1.29, 1.82) is 0 Å². The maximum atomic E-state index is 12.2. The van der Waals surface area contributed by atoms with Gasteiger partial charge in [0.05, 0.1) is 12.6 Å². The summed E-state index contributed by atoms with van der Waals surface area (Å²) in [7, 11) is 1.58. The van der Waals surface area contributed by atoms with E-state index in [0.29, 0.717) is 11.5 Å². The second-order valence-electron chi connectivity index (χ2n) is 5.25. The molecule has 3 heterocycles. The number of rotatable bonds is 6. The Morgan fingerprint density at radius 1 is 1.35 bits per heavy atom. The van der Waals surface area contributed by atoms with Crippen LogP contribution in [0.15, 0.2) is 45.7 Å². The van der Waals surface area contributed by atoms with Crippen molar-refractivity contribution in [3.63, 3.8) is 0 Å². The standard InChI is InChI=1S/C15H14N6O5/c1-19-13(10-4-2-3-7-16-10)18-20(15(19)23)9-8-17-14(22)11-5-6-12(26-11)21(24)25/h2-7H,8-9H2,1H3,(H,17,22). The Morgan fingerprint density at radius 3 is 2.81 bits per heavy atom. The third-order valence-corrected chi connectivity index (χ3v) is 3.54. The Labute approximate surface area is 146 Å². The van der Waals surface area contributed by atoms with Crippen LogP contribution in [0.2, 0.25) is 0 Å². The summed E-state index contributed by atoms with van der Waals surface area (Å²) in [5.74, 6) is -0.911. The number of carbonyl (C=O) groups excluding carboxylic acids is 1. The molecule has 0 saturated heterocycles. The van der Waals surface area contributed by atoms with Crippen LogP contribution >= 0.6 is 0 Å². The fourth-order valence-corrected chi connectivity index (χ4v) is 2.26. The van der Waals surface area contributed by atoms with Crippen molar-refractivity contribution >= 4 is 11.8 Å². The van der Waals surface area contributed by atoms with Gasteiger partial charge >= 0.3 is 11.6 Å². The zero-order valence-corrected chi connectivity index (χ0v) is 13.7. The fraction of sp³-hybridized carbons (Fsp3) is 0.200. The summed E-state index contributed by atoms with van der Waals surface area (Å²) >= 11 is 0. The highest BCUT2D eigenvalue weighted by molar-refractivity contribution is 5.91. The molecular weight excluding hydrogens is 344 g/mol. The van der Waals surface area contributed by atoms with Crippen molar-refractivity contribution in [2.75, 3.05) is 6.54 Å². The van der Waals surface area contributed by atoms with E-state index in [2.05, 4.69) is 15.4 Å². The first-order valence-corrected chi connectivity index (χ1v) is 7.55. The number of furan rings is 1. The van der Waals surface area contributed by atoms with E-state index < -0.39 is 16.7 Å². The Morgan fingerprint density at radius 2 is 2.15 bits per heavy atom. The Balaban J connectivity index is 1.66. The largest absolute Gasteiger partial charge is 0.433 e. The number of hydrogen-bond donors (Lipinski definition) is 1. The molecule has 3 rings (SSSR count). The molecular formula is C15H14N6O5. The topological polar surface area (TPSA) is 138 Å². The molecule has 0 aromatic carbocycles. The van der Waals surface area contributed by atoms with Gasteiger partial charge in [0.15, 0.2) is 11.6 Å². The van der Waals surface area contributed by atoms with Crippen molar-refractivity contribution < 1.29 is 14.1 Å². The lowest BCUT2D eigenvalue weighted by atomic mass is 10.3. The number of hydrogen-bond acceptors (Lipinski definition) is 7. The van der Waals surface area contributed by atoms with Gasteiger partial charge in [0.25, 0.3) is 5.91 Å². The molecule has 0 unspecified atom stereocenters. The number of nitrogens with one attached hydrogen (secondary N) is 1. The molecule has 0 spiro atoms. The minimum atomic E-state index is -0.733. The average molecular weight is 358 g/mol. The van der Waals surface area contributed by atoms with Crippen molar-refractivity contribution in [1.82, 2.24) is 24.6 Å². The van der Waals surface area contributed by atoms with Gasteiger partial charge in [-0.05, 0) is 18.2 Å². The molecule has 0 radical (unpaired) electrons. The summed E-state index contributed by atoms with van der Waals surface area (Å²) < 4.78 is 7.37. The van der Waals surface area contributed by atoms with Gasteiger partial charge < -0.3 is 9.73 Å². The first-order chi connectivity index (χ1) is 12.5. The molecule has 0 atom stereocenters. The summed E-state index contributed by atoms with van der Waals surface area (Å²) in [5, 5.41) is 17.3. The molecule has 0 saturated carbocycles. The van der Waals surface area contributed by atoms with Gasteiger partial charge in [-0.1, -0.05) is 6.07 Å². The minimum Gasteiger partial charge on any atom is -0.395 e. The fourth-order valence-electron chi connectivity index (χ4n) is 2.26. The zero-order valence-electron chi connectivity index (χ0n) is 13.7. The Bertz CT molecular complexity index is 1000. The predicted octanol–water partition coefficient (Wildman–Crippen LogP) is 0.575. The molecule has 26 heavy (non-hydrogen) atoms. The van der Waals surface area contributed by atoms with E-state index in [1.54, 1.807) is 31.4 Å². The van der Waals surface area contributed by atoms with E-state index in [9.17, 15) is 19.7 Å². The molecule has 0 aliphatic rings. The second-order valence-corrected chi connectivity index (χ2v) is 5.25. The van der Waals surface area contributed by atoms with Crippen LogP contribution in [0.25, 0.3) is 11.5 Å². The van der Waals surface area contributed by atoms with Gasteiger partial charge in [-0.25, -0.2) is 9.48 Å². The molecule has 0 fully saturated rings. The van der Waals surface area contributed by atoms with Crippen LogP contribution in [0.1, 0.15) is 10.6 Å². The highest BCUT2D eigenvalue weighted by atomic mass is 16.6. The number of nitro groups is 1. The van der Waals surface area contributed by atoms with E-state index in [0.717, 1.165) is 6.07 Å². The van der Waals surface area contributed by atoms with Crippen molar-refractivity contribution in [2.24, 2.45) is 7.05 Å². The van der Waals surface area contributed by atoms with Crippen molar-refractivity contribution in [3.8, 4) is 11.5 Å². The summed E-state index contributed by atoms with van der Waals surface area (Å²) in [5.41, 5.74) is 0.200.